The van der Waals surface area contributed by atoms with Gasteiger partial charge in [-0.1, -0.05) is 48.0 Å². The maximum Gasteiger partial charge on any atom is 0.138 e. The molecule has 1 N–H and O–H groups in total. The molecular formula is C16H15ClN4O. The van der Waals surface area contributed by atoms with Crippen molar-refractivity contribution in [1.82, 2.24) is 14.9 Å². The molecule has 0 saturated heterocycles. The summed E-state index contributed by atoms with van der Waals surface area (Å²) in [4.78, 5) is 0. The van der Waals surface area contributed by atoms with E-state index in [9.17, 15) is 0 Å². The summed E-state index contributed by atoms with van der Waals surface area (Å²) in [5, 5.41) is 8.04. The number of rotatable bonds is 6. The summed E-state index contributed by atoms with van der Waals surface area (Å²) in [5.41, 5.74) is 5.29. The lowest BCUT2D eigenvalue weighted by atomic mass is 10.2. The molecular weight excluding hydrogens is 300 g/mol. The number of halogens is 1. The molecule has 0 radical (unpaired) electrons. The number of benzene rings is 2. The molecule has 0 unspecified atom stereocenters. The van der Waals surface area contributed by atoms with Crippen molar-refractivity contribution in [2.24, 2.45) is 0 Å². The molecule has 2 aromatic carbocycles. The molecule has 6 heteroatoms. The molecule has 0 spiro atoms. The second-order valence-electron chi connectivity index (χ2n) is 4.74. The van der Waals surface area contributed by atoms with Crippen LogP contribution in [-0.2, 0) is 13.2 Å². The molecule has 0 fully saturated rings. The number of hydrogen-bond acceptors (Lipinski definition) is 4. The molecule has 1 heterocycles. The molecule has 22 heavy (non-hydrogen) atoms. The van der Waals surface area contributed by atoms with E-state index < -0.39 is 0 Å². The Bertz CT molecular complexity index is 716. The van der Waals surface area contributed by atoms with Gasteiger partial charge < -0.3 is 10.2 Å². The second-order valence-corrected chi connectivity index (χ2v) is 5.15. The summed E-state index contributed by atoms with van der Waals surface area (Å²) in [6.45, 7) is 1.12. The summed E-state index contributed by atoms with van der Waals surface area (Å²) in [6, 6.07) is 15.7. The lowest BCUT2D eigenvalue weighted by Gasteiger charge is -2.11. The Morgan fingerprint density at radius 1 is 1.00 bits per heavy atom. The fourth-order valence-corrected chi connectivity index (χ4v) is 2.23. The van der Waals surface area contributed by atoms with Gasteiger partial charge >= 0.3 is 0 Å². The third kappa shape index (κ3) is 3.77. The van der Waals surface area contributed by atoms with E-state index in [0.29, 0.717) is 23.9 Å². The zero-order chi connectivity index (χ0) is 15.2. The van der Waals surface area contributed by atoms with Crippen LogP contribution >= 0.6 is 11.6 Å². The van der Waals surface area contributed by atoms with Crippen molar-refractivity contribution in [1.29, 1.82) is 0 Å². The van der Waals surface area contributed by atoms with Gasteiger partial charge in [0.1, 0.15) is 25.0 Å². The van der Waals surface area contributed by atoms with Crippen molar-refractivity contribution in [3.63, 3.8) is 0 Å². The van der Waals surface area contributed by atoms with Crippen LogP contribution in [0.4, 0.5) is 0 Å². The predicted octanol–water partition coefficient (Wildman–Crippen LogP) is 3.25. The molecule has 112 valence electrons. The van der Waals surface area contributed by atoms with Crippen LogP contribution in [0.2, 0.25) is 5.02 Å². The molecule has 0 aliphatic rings. The van der Waals surface area contributed by atoms with Gasteiger partial charge in [0.05, 0.1) is 11.6 Å². The molecule has 0 aliphatic carbocycles. The highest BCUT2D eigenvalue weighted by molar-refractivity contribution is 6.32. The largest absolute Gasteiger partial charge is 0.487 e. The average Bonchev–Trinajstić information content (AvgIpc) is 3.06. The van der Waals surface area contributed by atoms with Gasteiger partial charge in [-0.15, -0.1) is 10.2 Å². The normalized spacial score (nSPS) is 10.4. The van der Waals surface area contributed by atoms with Crippen LogP contribution in [-0.4, -0.2) is 14.9 Å². The predicted molar refractivity (Wildman–Crippen MR) is 85.3 cm³/mol. The van der Waals surface area contributed by atoms with E-state index in [1.807, 2.05) is 48.5 Å². The van der Waals surface area contributed by atoms with Crippen LogP contribution in [0.1, 0.15) is 11.1 Å². The van der Waals surface area contributed by atoms with Gasteiger partial charge in [-0.05, 0) is 23.3 Å². The molecule has 0 atom stereocenters. The van der Waals surface area contributed by atoms with E-state index in [0.717, 1.165) is 11.1 Å². The molecule has 3 rings (SSSR count). The van der Waals surface area contributed by atoms with Gasteiger partial charge in [0.2, 0.25) is 0 Å². The van der Waals surface area contributed by atoms with Crippen molar-refractivity contribution in [2.75, 3.05) is 5.43 Å². The lowest BCUT2D eigenvalue weighted by molar-refractivity contribution is 0.306. The highest BCUT2D eigenvalue weighted by Gasteiger charge is 2.04. The zero-order valence-electron chi connectivity index (χ0n) is 11.8. The average molecular weight is 315 g/mol. The summed E-state index contributed by atoms with van der Waals surface area (Å²) >= 11 is 6.27. The molecule has 0 aliphatic heterocycles. The molecule has 1 aromatic heterocycles. The highest BCUT2D eigenvalue weighted by Crippen LogP contribution is 2.26. The fourth-order valence-electron chi connectivity index (χ4n) is 1.97. The molecule has 3 aromatic rings. The summed E-state index contributed by atoms with van der Waals surface area (Å²) in [7, 11) is 0. The highest BCUT2D eigenvalue weighted by atomic mass is 35.5. The molecule has 0 saturated carbocycles. The first-order valence-corrected chi connectivity index (χ1v) is 7.23. The topological polar surface area (TPSA) is 52.0 Å². The van der Waals surface area contributed by atoms with Gasteiger partial charge in [-0.3, -0.25) is 0 Å². The third-order valence-electron chi connectivity index (χ3n) is 3.12. The van der Waals surface area contributed by atoms with Crippen molar-refractivity contribution in [3.05, 3.63) is 77.3 Å². The van der Waals surface area contributed by atoms with Gasteiger partial charge in [0, 0.05) is 0 Å². The van der Waals surface area contributed by atoms with Crippen LogP contribution in [0.5, 0.6) is 5.75 Å². The number of nitrogens with one attached hydrogen (secondary N) is 1. The third-order valence-corrected chi connectivity index (χ3v) is 3.41. The van der Waals surface area contributed by atoms with E-state index >= 15 is 0 Å². The van der Waals surface area contributed by atoms with Crippen molar-refractivity contribution >= 4 is 11.6 Å². The SMILES string of the molecule is Clc1cc(CNn2cnnc2)ccc1OCc1ccccc1. The fraction of sp³-hybridized carbons (Fsp3) is 0.125. The van der Waals surface area contributed by atoms with Crippen molar-refractivity contribution in [3.8, 4) is 5.75 Å². The molecule has 0 bridgehead atoms. The quantitative estimate of drug-likeness (QED) is 0.759. The Kier molecular flexibility index (Phi) is 4.56. The molecule has 0 amide bonds. The first-order chi connectivity index (χ1) is 10.8. The van der Waals surface area contributed by atoms with E-state index in [4.69, 9.17) is 16.3 Å². The Hall–Kier alpha value is -2.53. The number of nitrogens with zero attached hydrogens (tertiary/aromatic N) is 3. The smallest absolute Gasteiger partial charge is 0.138 e. The monoisotopic (exact) mass is 314 g/mol. The maximum absolute atomic E-state index is 6.27. The van der Waals surface area contributed by atoms with E-state index in [2.05, 4.69) is 15.6 Å². The minimum absolute atomic E-state index is 0.499. The molecule has 5 nitrogen and oxygen atoms in total. The summed E-state index contributed by atoms with van der Waals surface area (Å²) in [6.07, 6.45) is 3.19. The Morgan fingerprint density at radius 2 is 1.77 bits per heavy atom. The second kappa shape index (κ2) is 6.95. The van der Waals surface area contributed by atoms with E-state index in [1.165, 1.54) is 0 Å². The summed E-state index contributed by atoms with van der Waals surface area (Å²) < 4.78 is 7.44. The van der Waals surface area contributed by atoms with E-state index in [1.54, 1.807) is 17.3 Å². The van der Waals surface area contributed by atoms with Crippen LogP contribution in [0.25, 0.3) is 0 Å². The minimum Gasteiger partial charge on any atom is -0.487 e. The summed E-state index contributed by atoms with van der Waals surface area (Å²) in [5.74, 6) is 0.679. The Balaban J connectivity index is 1.59. The van der Waals surface area contributed by atoms with Crippen LogP contribution in [0.3, 0.4) is 0 Å². The lowest BCUT2D eigenvalue weighted by Crippen LogP contribution is -2.12. The van der Waals surface area contributed by atoms with Gasteiger partial charge in [0.25, 0.3) is 0 Å². The van der Waals surface area contributed by atoms with E-state index in [-0.39, 0.29) is 0 Å². The Labute approximate surface area is 133 Å². The van der Waals surface area contributed by atoms with Crippen molar-refractivity contribution < 1.29 is 4.74 Å². The maximum atomic E-state index is 6.27. The van der Waals surface area contributed by atoms with Gasteiger partial charge in [-0.2, -0.15) is 0 Å². The van der Waals surface area contributed by atoms with Gasteiger partial charge in [-0.25, -0.2) is 4.68 Å². The van der Waals surface area contributed by atoms with Crippen molar-refractivity contribution in [2.45, 2.75) is 13.2 Å². The zero-order valence-corrected chi connectivity index (χ0v) is 12.6. The first-order valence-electron chi connectivity index (χ1n) is 6.85. The standard InChI is InChI=1S/C16H15ClN4O/c17-15-8-14(9-20-21-11-18-19-12-21)6-7-16(15)22-10-13-4-2-1-3-5-13/h1-8,11-12,20H,9-10H2. The van der Waals surface area contributed by atoms with Crippen LogP contribution in [0.15, 0.2) is 61.2 Å². The number of aromatic nitrogens is 3. The number of ether oxygens (including phenoxy) is 1. The Morgan fingerprint density at radius 3 is 2.50 bits per heavy atom. The first kappa shape index (κ1) is 14.4. The number of hydrogen-bond donors (Lipinski definition) is 1. The van der Waals surface area contributed by atoms with Gasteiger partial charge in [0.15, 0.2) is 0 Å². The van der Waals surface area contributed by atoms with Crippen LogP contribution < -0.4 is 10.2 Å². The minimum atomic E-state index is 0.499. The van der Waals surface area contributed by atoms with Crippen LogP contribution in [0, 0.1) is 0 Å².